The second-order valence-corrected chi connectivity index (χ2v) is 4.91. The van der Waals surface area contributed by atoms with E-state index in [9.17, 15) is 0 Å². The van der Waals surface area contributed by atoms with E-state index in [4.69, 9.17) is 18.0 Å². The van der Waals surface area contributed by atoms with Gasteiger partial charge in [-0.25, -0.2) is 0 Å². The molecule has 76 valence electrons. The predicted molar refractivity (Wildman–Crippen MR) is 60.9 cm³/mol. The minimum atomic E-state index is 0.282. The molecule has 0 aromatic heterocycles. The molecule has 2 N–H and O–H groups in total. The van der Waals surface area contributed by atoms with Crippen LogP contribution in [0.5, 0.6) is 0 Å². The van der Waals surface area contributed by atoms with Crippen molar-refractivity contribution in [3.05, 3.63) is 0 Å². The van der Waals surface area contributed by atoms with Gasteiger partial charge in [-0.3, -0.25) is 4.90 Å². The van der Waals surface area contributed by atoms with Crippen molar-refractivity contribution in [3.63, 3.8) is 0 Å². The predicted octanol–water partition coefficient (Wildman–Crippen LogP) is 1.93. The number of thiocarbonyl (C=S) groups is 1. The Labute approximate surface area is 86.5 Å². The number of hydrogen-bond donors (Lipinski definition) is 1. The lowest BCUT2D eigenvalue weighted by Crippen LogP contribution is -2.50. The van der Waals surface area contributed by atoms with Crippen molar-refractivity contribution < 1.29 is 0 Å². The third kappa shape index (κ3) is 2.20. The van der Waals surface area contributed by atoms with Gasteiger partial charge in [0.15, 0.2) is 0 Å². The lowest BCUT2D eigenvalue weighted by molar-refractivity contribution is 0.147. The number of nitrogens with zero attached hydrogens (tertiary/aromatic N) is 1. The van der Waals surface area contributed by atoms with Crippen LogP contribution in [0.4, 0.5) is 0 Å². The molecule has 0 radical (unpaired) electrons. The molecule has 2 nitrogen and oxygen atoms in total. The van der Waals surface area contributed by atoms with Gasteiger partial charge in [-0.05, 0) is 39.7 Å². The first kappa shape index (κ1) is 10.9. The molecule has 0 bridgehead atoms. The highest BCUT2D eigenvalue weighted by Crippen LogP contribution is 2.31. The van der Waals surface area contributed by atoms with Gasteiger partial charge in [0.2, 0.25) is 0 Å². The molecule has 3 heteroatoms. The first-order valence-electron chi connectivity index (χ1n) is 5.05. The van der Waals surface area contributed by atoms with Crippen molar-refractivity contribution >= 4 is 17.2 Å². The van der Waals surface area contributed by atoms with Crippen LogP contribution in [0.3, 0.4) is 0 Å². The van der Waals surface area contributed by atoms with Crippen LogP contribution < -0.4 is 5.73 Å². The van der Waals surface area contributed by atoms with E-state index in [2.05, 4.69) is 25.7 Å². The molecule has 0 aliphatic carbocycles. The molecule has 0 aromatic rings. The first-order valence-corrected chi connectivity index (χ1v) is 5.46. The lowest BCUT2D eigenvalue weighted by atomic mass is 10.00. The van der Waals surface area contributed by atoms with Crippen molar-refractivity contribution in [1.29, 1.82) is 0 Å². The van der Waals surface area contributed by atoms with Gasteiger partial charge < -0.3 is 5.73 Å². The Bertz CT molecular complexity index is 201. The summed E-state index contributed by atoms with van der Waals surface area (Å²) in [7, 11) is 0. The number of nitrogens with two attached hydrogens (primary N) is 1. The van der Waals surface area contributed by atoms with Crippen molar-refractivity contribution in [2.45, 2.75) is 51.6 Å². The van der Waals surface area contributed by atoms with Gasteiger partial charge in [0, 0.05) is 5.54 Å². The van der Waals surface area contributed by atoms with Gasteiger partial charge in [-0.1, -0.05) is 19.1 Å². The maximum atomic E-state index is 5.74. The molecule has 1 aliphatic rings. The minimum absolute atomic E-state index is 0.282. The number of rotatable bonds is 3. The molecule has 1 fully saturated rings. The maximum Gasteiger partial charge on any atom is 0.0902 e. The average molecular weight is 200 g/mol. The van der Waals surface area contributed by atoms with Crippen LogP contribution in [-0.2, 0) is 0 Å². The zero-order valence-electron chi connectivity index (χ0n) is 8.84. The quantitative estimate of drug-likeness (QED) is 0.706. The van der Waals surface area contributed by atoms with Gasteiger partial charge in [0.1, 0.15) is 0 Å². The standard InChI is InChI=1S/C10H20N2S/c1-4-8(9(11)13)12-7-5-6-10(12,2)3/h8H,4-7H2,1-3H3,(H2,11,13). The summed E-state index contributed by atoms with van der Waals surface area (Å²) < 4.78 is 0. The summed E-state index contributed by atoms with van der Waals surface area (Å²) in [5, 5.41) is 0. The maximum absolute atomic E-state index is 5.74. The second-order valence-electron chi connectivity index (χ2n) is 4.44. The summed E-state index contributed by atoms with van der Waals surface area (Å²) >= 11 is 5.09. The molecule has 1 atom stereocenters. The van der Waals surface area contributed by atoms with E-state index in [1.165, 1.54) is 12.8 Å². The van der Waals surface area contributed by atoms with E-state index in [-0.39, 0.29) is 5.54 Å². The normalized spacial score (nSPS) is 24.5. The second kappa shape index (κ2) is 3.93. The Balaban J connectivity index is 2.74. The third-order valence-electron chi connectivity index (χ3n) is 3.06. The topological polar surface area (TPSA) is 29.3 Å². The van der Waals surface area contributed by atoms with Gasteiger partial charge in [-0.15, -0.1) is 0 Å². The molecule has 0 spiro atoms. The Hall–Kier alpha value is -0.150. The monoisotopic (exact) mass is 200 g/mol. The number of hydrogen-bond acceptors (Lipinski definition) is 2. The Morgan fingerprint density at radius 3 is 2.54 bits per heavy atom. The highest BCUT2D eigenvalue weighted by molar-refractivity contribution is 7.80. The average Bonchev–Trinajstić information content (AvgIpc) is 2.32. The molecule has 0 aromatic carbocycles. The first-order chi connectivity index (χ1) is 5.99. The van der Waals surface area contributed by atoms with Crippen LogP contribution in [0.2, 0.25) is 0 Å². The van der Waals surface area contributed by atoms with Crippen molar-refractivity contribution in [1.82, 2.24) is 4.90 Å². The Morgan fingerprint density at radius 2 is 2.23 bits per heavy atom. The van der Waals surface area contributed by atoms with Gasteiger partial charge >= 0.3 is 0 Å². The molecular formula is C10H20N2S. The molecule has 1 saturated heterocycles. The van der Waals surface area contributed by atoms with Gasteiger partial charge in [0.05, 0.1) is 11.0 Å². The molecule has 0 amide bonds. The van der Waals surface area contributed by atoms with E-state index in [0.717, 1.165) is 13.0 Å². The summed E-state index contributed by atoms with van der Waals surface area (Å²) in [6, 6.07) is 0.299. The molecule has 1 unspecified atom stereocenters. The lowest BCUT2D eigenvalue weighted by Gasteiger charge is -2.37. The van der Waals surface area contributed by atoms with Crippen molar-refractivity contribution in [2.24, 2.45) is 5.73 Å². The third-order valence-corrected chi connectivity index (χ3v) is 3.33. The highest BCUT2D eigenvalue weighted by atomic mass is 32.1. The smallest absolute Gasteiger partial charge is 0.0902 e. The zero-order valence-corrected chi connectivity index (χ0v) is 9.66. The van der Waals surface area contributed by atoms with Crippen LogP contribution >= 0.6 is 12.2 Å². The van der Waals surface area contributed by atoms with Crippen molar-refractivity contribution in [3.8, 4) is 0 Å². The summed E-state index contributed by atoms with van der Waals surface area (Å²) in [5.41, 5.74) is 6.02. The summed E-state index contributed by atoms with van der Waals surface area (Å²) in [6.07, 6.45) is 3.55. The molecular weight excluding hydrogens is 180 g/mol. The zero-order chi connectivity index (χ0) is 10.1. The SMILES string of the molecule is CCC(C(N)=S)N1CCCC1(C)C. The van der Waals surface area contributed by atoms with E-state index >= 15 is 0 Å². The van der Waals surface area contributed by atoms with Crippen LogP contribution in [0.1, 0.15) is 40.0 Å². The molecule has 1 rings (SSSR count). The van der Waals surface area contributed by atoms with E-state index in [1.807, 2.05) is 0 Å². The molecule has 1 heterocycles. The van der Waals surface area contributed by atoms with E-state index in [1.54, 1.807) is 0 Å². The Kier molecular flexibility index (Phi) is 3.30. The summed E-state index contributed by atoms with van der Waals surface area (Å²) in [6.45, 7) is 7.85. The minimum Gasteiger partial charge on any atom is -0.392 e. The molecule has 1 aliphatic heterocycles. The number of likely N-dealkylation sites (tertiary alicyclic amines) is 1. The van der Waals surface area contributed by atoms with Crippen LogP contribution in [-0.4, -0.2) is 28.0 Å². The van der Waals surface area contributed by atoms with Crippen molar-refractivity contribution in [2.75, 3.05) is 6.54 Å². The fourth-order valence-electron chi connectivity index (χ4n) is 2.28. The van der Waals surface area contributed by atoms with E-state index < -0.39 is 0 Å². The van der Waals surface area contributed by atoms with Gasteiger partial charge in [-0.2, -0.15) is 0 Å². The van der Waals surface area contributed by atoms with E-state index in [0.29, 0.717) is 11.0 Å². The summed E-state index contributed by atoms with van der Waals surface area (Å²) in [5.74, 6) is 0. The fourth-order valence-corrected chi connectivity index (χ4v) is 2.58. The largest absolute Gasteiger partial charge is 0.392 e. The Morgan fingerprint density at radius 1 is 1.62 bits per heavy atom. The van der Waals surface area contributed by atoms with Gasteiger partial charge in [0.25, 0.3) is 0 Å². The van der Waals surface area contributed by atoms with Crippen LogP contribution in [0, 0.1) is 0 Å². The summed E-state index contributed by atoms with van der Waals surface area (Å²) in [4.78, 5) is 3.10. The van der Waals surface area contributed by atoms with Crippen LogP contribution in [0.15, 0.2) is 0 Å². The fraction of sp³-hybridized carbons (Fsp3) is 0.900. The molecule has 13 heavy (non-hydrogen) atoms. The molecule has 0 saturated carbocycles. The van der Waals surface area contributed by atoms with Crippen LogP contribution in [0.25, 0.3) is 0 Å². The highest BCUT2D eigenvalue weighted by Gasteiger charge is 2.36.